The molecule has 3 saturated heterocycles. The highest BCUT2D eigenvalue weighted by Crippen LogP contribution is 2.40. The summed E-state index contributed by atoms with van der Waals surface area (Å²) in [6, 6.07) is -0.335. The van der Waals surface area contributed by atoms with Crippen molar-refractivity contribution in [3.63, 3.8) is 0 Å². The van der Waals surface area contributed by atoms with E-state index >= 15 is 0 Å². The quantitative estimate of drug-likeness (QED) is 0.795. The summed E-state index contributed by atoms with van der Waals surface area (Å²) >= 11 is 0. The van der Waals surface area contributed by atoms with Gasteiger partial charge in [-0.25, -0.2) is 0 Å². The number of amides is 1. The molecular weight excluding hydrogens is 250 g/mol. The molecule has 0 unspecified atom stereocenters. The van der Waals surface area contributed by atoms with Gasteiger partial charge in [-0.2, -0.15) is 0 Å². The number of morpholine rings is 1. The van der Waals surface area contributed by atoms with Crippen LogP contribution in [0.2, 0.25) is 0 Å². The molecule has 0 aliphatic carbocycles. The summed E-state index contributed by atoms with van der Waals surface area (Å²) in [5.41, 5.74) is 0. The smallest absolute Gasteiger partial charge is 0.305 e. The standard InChI is InChI=1S/C13H19NO5/c15-12(16)5-8-7-18-4-3-14(8)13(17)10-6-9-1-2-11(10)19-9/h8-11H,1-7H2,(H,15,16)/t8-,9+,10+,11+/m0/s1. The van der Waals surface area contributed by atoms with Crippen LogP contribution in [0.25, 0.3) is 0 Å². The molecular formula is C13H19NO5. The Balaban J connectivity index is 1.68. The molecule has 1 N–H and O–H groups in total. The van der Waals surface area contributed by atoms with Crippen LogP contribution >= 0.6 is 0 Å². The number of aliphatic carboxylic acids is 1. The molecule has 0 aromatic heterocycles. The number of carboxylic acid groups (broad SMARTS) is 1. The van der Waals surface area contributed by atoms with E-state index in [0.29, 0.717) is 19.8 Å². The van der Waals surface area contributed by atoms with E-state index < -0.39 is 5.97 Å². The van der Waals surface area contributed by atoms with Gasteiger partial charge in [-0.3, -0.25) is 9.59 Å². The van der Waals surface area contributed by atoms with Gasteiger partial charge >= 0.3 is 5.97 Å². The topological polar surface area (TPSA) is 76.1 Å². The van der Waals surface area contributed by atoms with Gasteiger partial charge in [0.1, 0.15) is 0 Å². The summed E-state index contributed by atoms with van der Waals surface area (Å²) in [4.78, 5) is 25.1. The first kappa shape index (κ1) is 12.9. The second-order valence-electron chi connectivity index (χ2n) is 5.57. The summed E-state index contributed by atoms with van der Waals surface area (Å²) in [5.74, 6) is -0.910. The number of carboxylic acids is 1. The van der Waals surface area contributed by atoms with Crippen molar-refractivity contribution < 1.29 is 24.2 Å². The second-order valence-corrected chi connectivity index (χ2v) is 5.57. The van der Waals surface area contributed by atoms with Crippen LogP contribution in [0.3, 0.4) is 0 Å². The number of carbonyl (C=O) groups is 2. The summed E-state index contributed by atoms with van der Waals surface area (Å²) in [6.07, 6.45) is 3.03. The highest BCUT2D eigenvalue weighted by Gasteiger charge is 2.47. The van der Waals surface area contributed by atoms with Crippen LogP contribution in [-0.2, 0) is 19.1 Å². The van der Waals surface area contributed by atoms with Crippen molar-refractivity contribution in [2.24, 2.45) is 5.92 Å². The lowest BCUT2D eigenvalue weighted by Crippen LogP contribution is -2.52. The third-order valence-corrected chi connectivity index (χ3v) is 4.34. The molecule has 0 aromatic carbocycles. The van der Waals surface area contributed by atoms with Gasteiger partial charge in [-0.05, 0) is 19.3 Å². The normalized spacial score (nSPS) is 37.6. The Kier molecular flexibility index (Phi) is 3.45. The molecule has 3 aliphatic heterocycles. The van der Waals surface area contributed by atoms with E-state index in [1.54, 1.807) is 4.90 Å². The van der Waals surface area contributed by atoms with Crippen LogP contribution < -0.4 is 0 Å². The van der Waals surface area contributed by atoms with Crippen LogP contribution in [0.1, 0.15) is 25.7 Å². The number of ether oxygens (including phenoxy) is 2. The van der Waals surface area contributed by atoms with Crippen LogP contribution in [0.5, 0.6) is 0 Å². The van der Waals surface area contributed by atoms with Gasteiger partial charge in [-0.1, -0.05) is 0 Å². The lowest BCUT2D eigenvalue weighted by molar-refractivity contribution is -0.150. The van der Waals surface area contributed by atoms with Crippen LogP contribution in [0.4, 0.5) is 0 Å². The zero-order valence-electron chi connectivity index (χ0n) is 10.8. The Morgan fingerprint density at radius 1 is 1.32 bits per heavy atom. The molecule has 6 nitrogen and oxygen atoms in total. The third kappa shape index (κ3) is 2.47. The second kappa shape index (κ2) is 5.09. The maximum absolute atomic E-state index is 12.6. The minimum absolute atomic E-state index is 0.0471. The molecule has 3 rings (SSSR count). The molecule has 19 heavy (non-hydrogen) atoms. The van der Waals surface area contributed by atoms with Crippen molar-refractivity contribution >= 4 is 11.9 Å². The number of hydrogen-bond donors (Lipinski definition) is 1. The van der Waals surface area contributed by atoms with Gasteiger partial charge in [-0.15, -0.1) is 0 Å². The number of fused-ring (bicyclic) bond motifs is 2. The maximum Gasteiger partial charge on any atom is 0.305 e. The van der Waals surface area contributed by atoms with Gasteiger partial charge in [0.05, 0.1) is 43.8 Å². The minimum atomic E-state index is -0.891. The third-order valence-electron chi connectivity index (χ3n) is 4.34. The molecule has 4 atom stereocenters. The number of carbonyl (C=O) groups excluding carboxylic acids is 1. The van der Waals surface area contributed by atoms with Crippen molar-refractivity contribution in [2.75, 3.05) is 19.8 Å². The fraction of sp³-hybridized carbons (Fsp3) is 0.846. The maximum atomic E-state index is 12.6. The fourth-order valence-electron chi connectivity index (χ4n) is 3.43. The molecule has 0 aromatic rings. The first-order chi connectivity index (χ1) is 9.15. The largest absolute Gasteiger partial charge is 0.481 e. The molecule has 1 amide bonds. The SMILES string of the molecule is O=C(O)C[C@H]1COCCN1C(=O)[C@@H]1C[C@H]2CC[C@H]1O2. The molecule has 0 spiro atoms. The van der Waals surface area contributed by atoms with E-state index in [1.165, 1.54) is 0 Å². The predicted molar refractivity (Wildman–Crippen MR) is 64.6 cm³/mol. The van der Waals surface area contributed by atoms with Gasteiger partial charge < -0.3 is 19.5 Å². The lowest BCUT2D eigenvalue weighted by atomic mass is 9.87. The van der Waals surface area contributed by atoms with Crippen molar-refractivity contribution in [1.82, 2.24) is 4.90 Å². The predicted octanol–water partition coefficient (Wildman–Crippen LogP) is 0.256. The molecule has 0 radical (unpaired) electrons. The number of hydrogen-bond acceptors (Lipinski definition) is 4. The Labute approximate surface area is 111 Å². The number of nitrogens with zero attached hydrogens (tertiary/aromatic N) is 1. The zero-order chi connectivity index (χ0) is 13.4. The first-order valence-corrected chi connectivity index (χ1v) is 6.90. The number of rotatable bonds is 3. The summed E-state index contributed by atoms with van der Waals surface area (Å²) in [7, 11) is 0. The van der Waals surface area contributed by atoms with Crippen LogP contribution in [0.15, 0.2) is 0 Å². The highest BCUT2D eigenvalue weighted by molar-refractivity contribution is 5.81. The van der Waals surface area contributed by atoms with Crippen LogP contribution in [-0.4, -0.2) is 59.9 Å². The van der Waals surface area contributed by atoms with Gasteiger partial charge in [0.15, 0.2) is 0 Å². The molecule has 106 valence electrons. The Morgan fingerprint density at radius 2 is 2.16 bits per heavy atom. The molecule has 3 fully saturated rings. The average Bonchev–Trinajstić information content (AvgIpc) is 3.00. The highest BCUT2D eigenvalue weighted by atomic mass is 16.5. The van der Waals surface area contributed by atoms with Crippen molar-refractivity contribution in [3.8, 4) is 0 Å². The van der Waals surface area contributed by atoms with Gasteiger partial charge in [0, 0.05) is 6.54 Å². The molecule has 3 heterocycles. The fourth-order valence-corrected chi connectivity index (χ4v) is 3.43. The minimum Gasteiger partial charge on any atom is -0.481 e. The van der Waals surface area contributed by atoms with Gasteiger partial charge in [0.25, 0.3) is 0 Å². The Morgan fingerprint density at radius 3 is 2.79 bits per heavy atom. The van der Waals surface area contributed by atoms with E-state index in [0.717, 1.165) is 19.3 Å². The summed E-state index contributed by atoms with van der Waals surface area (Å²) < 4.78 is 11.0. The Hall–Kier alpha value is -1.14. The molecule has 3 aliphatic rings. The van der Waals surface area contributed by atoms with Crippen molar-refractivity contribution in [2.45, 2.75) is 43.9 Å². The Bertz CT molecular complexity index is 385. The van der Waals surface area contributed by atoms with E-state index in [9.17, 15) is 9.59 Å². The van der Waals surface area contributed by atoms with E-state index in [1.807, 2.05) is 0 Å². The van der Waals surface area contributed by atoms with Crippen LogP contribution in [0, 0.1) is 5.92 Å². The van der Waals surface area contributed by atoms with Gasteiger partial charge in [0.2, 0.25) is 5.91 Å². The zero-order valence-corrected chi connectivity index (χ0v) is 10.8. The average molecular weight is 269 g/mol. The van der Waals surface area contributed by atoms with Crippen molar-refractivity contribution in [1.29, 1.82) is 0 Å². The van der Waals surface area contributed by atoms with Crippen molar-refractivity contribution in [3.05, 3.63) is 0 Å². The summed E-state index contributed by atoms with van der Waals surface area (Å²) in [5, 5.41) is 8.92. The summed E-state index contributed by atoms with van der Waals surface area (Å²) in [6.45, 7) is 1.30. The van der Waals surface area contributed by atoms with E-state index in [-0.39, 0.29) is 36.5 Å². The lowest BCUT2D eigenvalue weighted by Gasteiger charge is -2.37. The van der Waals surface area contributed by atoms with E-state index in [4.69, 9.17) is 14.6 Å². The first-order valence-electron chi connectivity index (χ1n) is 6.90. The monoisotopic (exact) mass is 269 g/mol. The van der Waals surface area contributed by atoms with E-state index in [2.05, 4.69) is 0 Å². The molecule has 2 bridgehead atoms. The molecule has 0 saturated carbocycles. The molecule has 6 heteroatoms.